The second kappa shape index (κ2) is 6.50. The summed E-state index contributed by atoms with van der Waals surface area (Å²) in [6.07, 6.45) is 1.82. The lowest BCUT2D eigenvalue weighted by atomic mass is 10.2. The Labute approximate surface area is 149 Å². The van der Waals surface area contributed by atoms with Gasteiger partial charge in [0.05, 0.1) is 0 Å². The van der Waals surface area contributed by atoms with Crippen molar-refractivity contribution in [1.82, 2.24) is 19.9 Å². The van der Waals surface area contributed by atoms with Crippen molar-refractivity contribution in [3.63, 3.8) is 0 Å². The highest BCUT2D eigenvalue weighted by molar-refractivity contribution is 5.56. The smallest absolute Gasteiger partial charge is 0.366 e. The van der Waals surface area contributed by atoms with E-state index >= 15 is 0 Å². The first-order valence-electron chi connectivity index (χ1n) is 8.79. The number of likely N-dealkylation sites (tertiary alicyclic amines) is 1. The molecule has 2 aromatic heterocycles. The second-order valence-electron chi connectivity index (χ2n) is 7.06. The molecule has 2 aliphatic rings. The highest BCUT2D eigenvalue weighted by atomic mass is 19.4. The Bertz CT molecular complexity index is 776. The van der Waals surface area contributed by atoms with Gasteiger partial charge in [0.2, 0.25) is 0 Å². The molecule has 0 radical (unpaired) electrons. The van der Waals surface area contributed by atoms with Crippen LogP contribution < -0.4 is 5.32 Å². The molecule has 0 amide bonds. The maximum absolute atomic E-state index is 13.3. The molecule has 0 bridgehead atoms. The average molecular weight is 363 g/mol. The summed E-state index contributed by atoms with van der Waals surface area (Å²) in [5, 5.41) is 3.19. The van der Waals surface area contributed by atoms with Crippen LogP contribution in [0.15, 0.2) is 30.6 Å². The number of hydrogen-bond acceptors (Lipinski definition) is 5. The normalized spacial score (nSPS) is 24.0. The van der Waals surface area contributed by atoms with E-state index in [0.717, 1.165) is 19.0 Å². The van der Waals surface area contributed by atoms with Crippen LogP contribution in [0.4, 0.5) is 19.0 Å². The third-order valence-electron chi connectivity index (χ3n) is 4.93. The SMILES string of the molecule is CC1CC(Nc2cc(C(F)(F)F)nc(-c3cccnc3)n2)CN1C1CC1. The molecule has 0 spiro atoms. The molecule has 2 unspecified atom stereocenters. The topological polar surface area (TPSA) is 53.9 Å². The number of rotatable bonds is 4. The lowest BCUT2D eigenvalue weighted by Crippen LogP contribution is -2.31. The van der Waals surface area contributed by atoms with Crippen molar-refractivity contribution in [3.05, 3.63) is 36.3 Å². The summed E-state index contributed by atoms with van der Waals surface area (Å²) in [5.74, 6) is 0.238. The van der Waals surface area contributed by atoms with Crippen molar-refractivity contribution in [2.24, 2.45) is 0 Å². The van der Waals surface area contributed by atoms with Crippen molar-refractivity contribution < 1.29 is 13.2 Å². The van der Waals surface area contributed by atoms with Crippen LogP contribution in [0, 0.1) is 0 Å². The molecule has 0 aromatic carbocycles. The van der Waals surface area contributed by atoms with Crippen molar-refractivity contribution >= 4 is 5.82 Å². The zero-order valence-corrected chi connectivity index (χ0v) is 14.4. The fourth-order valence-electron chi connectivity index (χ4n) is 3.58. The van der Waals surface area contributed by atoms with Crippen molar-refractivity contribution in [1.29, 1.82) is 0 Å². The Balaban J connectivity index is 1.61. The largest absolute Gasteiger partial charge is 0.433 e. The molecule has 1 saturated carbocycles. The predicted molar refractivity (Wildman–Crippen MR) is 91.5 cm³/mol. The predicted octanol–water partition coefficient (Wildman–Crippen LogP) is 3.59. The molecule has 26 heavy (non-hydrogen) atoms. The minimum absolute atomic E-state index is 0.0283. The van der Waals surface area contributed by atoms with Crippen molar-refractivity contribution in [2.75, 3.05) is 11.9 Å². The summed E-state index contributed by atoms with van der Waals surface area (Å²) in [6.45, 7) is 3.00. The fourth-order valence-corrected chi connectivity index (χ4v) is 3.58. The Morgan fingerprint density at radius 2 is 2.04 bits per heavy atom. The number of halogens is 3. The van der Waals surface area contributed by atoms with E-state index < -0.39 is 11.9 Å². The van der Waals surface area contributed by atoms with Crippen molar-refractivity contribution in [2.45, 2.75) is 50.5 Å². The van der Waals surface area contributed by atoms with Crippen LogP contribution in [0.1, 0.15) is 31.9 Å². The third-order valence-corrected chi connectivity index (χ3v) is 4.93. The second-order valence-corrected chi connectivity index (χ2v) is 7.06. The van der Waals surface area contributed by atoms with E-state index in [9.17, 15) is 13.2 Å². The minimum atomic E-state index is -4.53. The van der Waals surface area contributed by atoms with Gasteiger partial charge in [0, 0.05) is 48.7 Å². The van der Waals surface area contributed by atoms with E-state index in [1.807, 2.05) is 0 Å². The summed E-state index contributed by atoms with van der Waals surface area (Å²) in [4.78, 5) is 14.4. The monoisotopic (exact) mass is 363 g/mol. The molecular weight excluding hydrogens is 343 g/mol. The lowest BCUT2D eigenvalue weighted by Gasteiger charge is -2.20. The van der Waals surface area contributed by atoms with Crippen LogP contribution >= 0.6 is 0 Å². The van der Waals surface area contributed by atoms with E-state index in [0.29, 0.717) is 17.6 Å². The Morgan fingerprint density at radius 3 is 2.69 bits per heavy atom. The van der Waals surface area contributed by atoms with Crippen LogP contribution in [-0.4, -0.2) is 44.5 Å². The number of aromatic nitrogens is 3. The molecule has 1 saturated heterocycles. The molecule has 4 rings (SSSR count). The van der Waals surface area contributed by atoms with E-state index in [4.69, 9.17) is 0 Å². The molecule has 1 N–H and O–H groups in total. The molecule has 3 heterocycles. The number of pyridine rings is 1. The van der Waals surface area contributed by atoms with Gasteiger partial charge in [0.15, 0.2) is 11.5 Å². The van der Waals surface area contributed by atoms with E-state index in [2.05, 4.69) is 32.1 Å². The van der Waals surface area contributed by atoms with Gasteiger partial charge in [0.1, 0.15) is 5.82 Å². The molecule has 8 heteroatoms. The van der Waals surface area contributed by atoms with E-state index in [-0.39, 0.29) is 17.7 Å². The Hall–Kier alpha value is -2.22. The molecule has 2 atom stereocenters. The molecule has 138 valence electrons. The summed E-state index contributed by atoms with van der Waals surface area (Å²) >= 11 is 0. The van der Waals surface area contributed by atoms with Crippen molar-refractivity contribution in [3.8, 4) is 11.4 Å². The zero-order chi connectivity index (χ0) is 18.3. The van der Waals surface area contributed by atoms with Gasteiger partial charge in [-0.25, -0.2) is 9.97 Å². The summed E-state index contributed by atoms with van der Waals surface area (Å²) in [5.41, 5.74) is -0.486. The van der Waals surface area contributed by atoms with E-state index in [1.54, 1.807) is 18.3 Å². The average Bonchev–Trinajstić information content (AvgIpc) is 3.38. The van der Waals surface area contributed by atoms with Gasteiger partial charge in [-0.1, -0.05) is 0 Å². The van der Waals surface area contributed by atoms with Crippen LogP contribution in [0.2, 0.25) is 0 Å². The summed E-state index contributed by atoms with van der Waals surface area (Å²) in [6, 6.07) is 5.45. The lowest BCUT2D eigenvalue weighted by molar-refractivity contribution is -0.141. The van der Waals surface area contributed by atoms with E-state index in [1.165, 1.54) is 19.0 Å². The van der Waals surface area contributed by atoms with Gasteiger partial charge < -0.3 is 5.32 Å². The van der Waals surface area contributed by atoms with Gasteiger partial charge in [-0.2, -0.15) is 13.2 Å². The zero-order valence-electron chi connectivity index (χ0n) is 14.4. The quantitative estimate of drug-likeness (QED) is 0.900. The highest BCUT2D eigenvalue weighted by Crippen LogP contribution is 2.35. The molecule has 5 nitrogen and oxygen atoms in total. The molecular formula is C18H20F3N5. The third kappa shape index (κ3) is 3.65. The van der Waals surface area contributed by atoms with Gasteiger partial charge in [-0.15, -0.1) is 0 Å². The molecule has 1 aliphatic heterocycles. The Morgan fingerprint density at radius 1 is 1.23 bits per heavy atom. The first-order valence-corrected chi connectivity index (χ1v) is 8.79. The molecule has 2 aromatic rings. The fraction of sp³-hybridized carbons (Fsp3) is 0.500. The van der Waals surface area contributed by atoms with Crippen LogP contribution in [0.25, 0.3) is 11.4 Å². The van der Waals surface area contributed by atoms with Crippen LogP contribution in [0.3, 0.4) is 0 Å². The van der Waals surface area contributed by atoms with Gasteiger partial charge in [-0.3, -0.25) is 9.88 Å². The summed E-state index contributed by atoms with van der Waals surface area (Å²) in [7, 11) is 0. The van der Waals surface area contributed by atoms with Gasteiger partial charge >= 0.3 is 6.18 Å². The number of anilines is 1. The first kappa shape index (κ1) is 17.2. The maximum atomic E-state index is 13.3. The molecule has 2 fully saturated rings. The van der Waals surface area contributed by atoms with Crippen LogP contribution in [-0.2, 0) is 6.18 Å². The van der Waals surface area contributed by atoms with Crippen LogP contribution in [0.5, 0.6) is 0 Å². The summed E-state index contributed by atoms with van der Waals surface area (Å²) < 4.78 is 39.8. The maximum Gasteiger partial charge on any atom is 0.433 e. The molecule has 1 aliphatic carbocycles. The highest BCUT2D eigenvalue weighted by Gasteiger charge is 2.39. The first-order chi connectivity index (χ1) is 12.4. The number of nitrogens with zero attached hydrogens (tertiary/aromatic N) is 4. The van der Waals surface area contributed by atoms with Gasteiger partial charge in [-0.05, 0) is 38.3 Å². The van der Waals surface area contributed by atoms with Gasteiger partial charge in [0.25, 0.3) is 0 Å². The Kier molecular flexibility index (Phi) is 4.30. The minimum Gasteiger partial charge on any atom is -0.366 e. The number of nitrogens with one attached hydrogen (secondary N) is 1. The number of hydrogen-bond donors (Lipinski definition) is 1. The number of alkyl halides is 3. The standard InChI is InChI=1S/C18H20F3N5/c1-11-7-13(10-26(11)14-4-5-14)23-16-8-15(18(19,20)21)24-17(25-16)12-3-2-6-22-9-12/h2-3,6,8-9,11,13-14H,4-5,7,10H2,1H3,(H,23,24,25).